The number of hydrogen-bond acceptors (Lipinski definition) is 2. The Balaban J connectivity index is 2.10. The van der Waals surface area contributed by atoms with Crippen molar-refractivity contribution in [1.29, 1.82) is 0 Å². The first-order valence-corrected chi connectivity index (χ1v) is 6.05. The molecule has 0 aliphatic carbocycles. The average molecular weight is 254 g/mol. The lowest BCUT2D eigenvalue weighted by molar-refractivity contribution is 0.0926. The second-order valence-electron chi connectivity index (χ2n) is 4.60. The summed E-state index contributed by atoms with van der Waals surface area (Å²) in [5.74, 6) is -1.94. The maximum Gasteiger partial charge on any atom is 0.254 e. The number of halogens is 2. The van der Waals surface area contributed by atoms with E-state index in [2.05, 4.69) is 10.6 Å². The Bertz CT molecular complexity index is 457. The van der Waals surface area contributed by atoms with Crippen LogP contribution in [0, 0.1) is 18.6 Å². The van der Waals surface area contributed by atoms with Crippen LogP contribution in [0.1, 0.15) is 28.8 Å². The van der Waals surface area contributed by atoms with Gasteiger partial charge in [0.25, 0.3) is 5.91 Å². The third-order valence-electron chi connectivity index (χ3n) is 3.13. The van der Waals surface area contributed by atoms with Gasteiger partial charge in [0.1, 0.15) is 11.6 Å². The molecule has 0 spiro atoms. The summed E-state index contributed by atoms with van der Waals surface area (Å²) in [4.78, 5) is 11.9. The van der Waals surface area contributed by atoms with Gasteiger partial charge in [-0.1, -0.05) is 0 Å². The fourth-order valence-electron chi connectivity index (χ4n) is 2.07. The Labute approximate surface area is 105 Å². The highest BCUT2D eigenvalue weighted by atomic mass is 19.1. The van der Waals surface area contributed by atoms with Crippen LogP contribution >= 0.6 is 0 Å². The van der Waals surface area contributed by atoms with Crippen LogP contribution in [-0.4, -0.2) is 25.0 Å². The first-order valence-electron chi connectivity index (χ1n) is 6.05. The fraction of sp³-hybridized carbons (Fsp3) is 0.462. The SMILES string of the molecule is Cc1cc(C(=O)N[C@@H]2CCCNC2)c(F)cc1F. The molecule has 1 saturated heterocycles. The second-order valence-corrected chi connectivity index (χ2v) is 4.60. The molecule has 18 heavy (non-hydrogen) atoms. The van der Waals surface area contributed by atoms with Gasteiger partial charge in [0.2, 0.25) is 0 Å². The van der Waals surface area contributed by atoms with Gasteiger partial charge in [0.05, 0.1) is 5.56 Å². The monoisotopic (exact) mass is 254 g/mol. The van der Waals surface area contributed by atoms with Crippen molar-refractivity contribution in [3.63, 3.8) is 0 Å². The Morgan fingerprint density at radius 3 is 2.83 bits per heavy atom. The lowest BCUT2D eigenvalue weighted by Gasteiger charge is -2.23. The summed E-state index contributed by atoms with van der Waals surface area (Å²) >= 11 is 0. The number of piperidine rings is 1. The highest BCUT2D eigenvalue weighted by Crippen LogP contribution is 2.14. The molecule has 5 heteroatoms. The van der Waals surface area contributed by atoms with Gasteiger partial charge in [-0.3, -0.25) is 4.79 Å². The van der Waals surface area contributed by atoms with Crippen molar-refractivity contribution in [2.24, 2.45) is 0 Å². The number of benzene rings is 1. The van der Waals surface area contributed by atoms with E-state index in [0.717, 1.165) is 25.5 Å². The van der Waals surface area contributed by atoms with Crippen molar-refractivity contribution in [2.75, 3.05) is 13.1 Å². The van der Waals surface area contributed by atoms with Crippen molar-refractivity contribution < 1.29 is 13.6 Å². The Morgan fingerprint density at radius 1 is 1.39 bits per heavy atom. The minimum absolute atomic E-state index is 0.0102. The van der Waals surface area contributed by atoms with E-state index in [0.29, 0.717) is 6.54 Å². The molecule has 1 atom stereocenters. The minimum atomic E-state index is -0.820. The number of carbonyl (C=O) groups is 1. The van der Waals surface area contributed by atoms with Gasteiger partial charge in [-0.05, 0) is 37.9 Å². The average Bonchev–Trinajstić information content (AvgIpc) is 2.35. The summed E-state index contributed by atoms with van der Waals surface area (Å²) in [7, 11) is 0. The largest absolute Gasteiger partial charge is 0.348 e. The molecular formula is C13H16F2N2O. The molecule has 2 N–H and O–H groups in total. The maximum absolute atomic E-state index is 13.5. The van der Waals surface area contributed by atoms with Crippen molar-refractivity contribution in [3.05, 3.63) is 34.9 Å². The van der Waals surface area contributed by atoms with Gasteiger partial charge in [0, 0.05) is 18.7 Å². The molecule has 98 valence electrons. The molecule has 1 amide bonds. The van der Waals surface area contributed by atoms with E-state index in [1.54, 1.807) is 0 Å². The molecule has 1 aliphatic rings. The molecule has 1 aromatic rings. The summed E-state index contributed by atoms with van der Waals surface area (Å²) in [5, 5.41) is 5.92. The molecule has 1 fully saturated rings. The van der Waals surface area contributed by atoms with E-state index in [4.69, 9.17) is 0 Å². The predicted octanol–water partition coefficient (Wildman–Crippen LogP) is 1.76. The first-order chi connectivity index (χ1) is 8.58. The molecule has 1 aromatic carbocycles. The van der Waals surface area contributed by atoms with Crippen LogP contribution in [0.15, 0.2) is 12.1 Å². The molecule has 0 saturated carbocycles. The third-order valence-corrected chi connectivity index (χ3v) is 3.13. The van der Waals surface area contributed by atoms with Gasteiger partial charge in [-0.15, -0.1) is 0 Å². The van der Waals surface area contributed by atoms with E-state index in [9.17, 15) is 13.6 Å². The molecule has 2 rings (SSSR count). The summed E-state index contributed by atoms with van der Waals surface area (Å²) in [6.07, 6.45) is 1.86. The van der Waals surface area contributed by atoms with E-state index < -0.39 is 17.5 Å². The lowest BCUT2D eigenvalue weighted by atomic mass is 10.1. The van der Waals surface area contributed by atoms with Gasteiger partial charge in [0.15, 0.2) is 0 Å². The smallest absolute Gasteiger partial charge is 0.254 e. The number of nitrogens with one attached hydrogen (secondary N) is 2. The van der Waals surface area contributed by atoms with Crippen molar-refractivity contribution in [2.45, 2.75) is 25.8 Å². The summed E-state index contributed by atoms with van der Waals surface area (Å²) in [5.41, 5.74) is 0.169. The molecular weight excluding hydrogens is 238 g/mol. The normalized spacial score (nSPS) is 19.6. The fourth-order valence-corrected chi connectivity index (χ4v) is 2.07. The molecule has 0 aromatic heterocycles. The van der Waals surface area contributed by atoms with E-state index in [1.807, 2.05) is 0 Å². The van der Waals surface area contributed by atoms with Crippen molar-refractivity contribution in [3.8, 4) is 0 Å². The highest BCUT2D eigenvalue weighted by molar-refractivity contribution is 5.94. The molecule has 3 nitrogen and oxygen atoms in total. The zero-order valence-electron chi connectivity index (χ0n) is 10.2. The third kappa shape index (κ3) is 2.85. The number of carbonyl (C=O) groups excluding carboxylic acids is 1. The van der Waals surface area contributed by atoms with Crippen LogP contribution < -0.4 is 10.6 Å². The molecule has 1 heterocycles. The second kappa shape index (κ2) is 5.44. The first kappa shape index (κ1) is 13.0. The number of aryl methyl sites for hydroxylation is 1. The van der Waals surface area contributed by atoms with Crippen LogP contribution in [0.4, 0.5) is 8.78 Å². The van der Waals surface area contributed by atoms with E-state index in [1.165, 1.54) is 13.0 Å². The highest BCUT2D eigenvalue weighted by Gasteiger charge is 2.19. The minimum Gasteiger partial charge on any atom is -0.348 e. The van der Waals surface area contributed by atoms with Crippen molar-refractivity contribution >= 4 is 5.91 Å². The number of hydrogen-bond donors (Lipinski definition) is 2. The Hall–Kier alpha value is -1.49. The van der Waals surface area contributed by atoms with Crippen LogP contribution in [0.5, 0.6) is 0 Å². The van der Waals surface area contributed by atoms with Crippen LogP contribution in [0.2, 0.25) is 0 Å². The molecule has 0 bridgehead atoms. The Kier molecular flexibility index (Phi) is 3.91. The van der Waals surface area contributed by atoms with Crippen LogP contribution in [-0.2, 0) is 0 Å². The Morgan fingerprint density at radius 2 is 2.17 bits per heavy atom. The van der Waals surface area contributed by atoms with Gasteiger partial charge in [-0.2, -0.15) is 0 Å². The predicted molar refractivity (Wildman–Crippen MR) is 64.5 cm³/mol. The molecule has 0 radical (unpaired) electrons. The van der Waals surface area contributed by atoms with Gasteiger partial charge >= 0.3 is 0 Å². The van der Waals surface area contributed by atoms with Crippen molar-refractivity contribution in [1.82, 2.24) is 10.6 Å². The quantitative estimate of drug-likeness (QED) is 0.844. The zero-order chi connectivity index (χ0) is 13.1. The van der Waals surface area contributed by atoms with Gasteiger partial charge < -0.3 is 10.6 Å². The van der Waals surface area contributed by atoms with Crippen LogP contribution in [0.3, 0.4) is 0 Å². The summed E-state index contributed by atoms with van der Waals surface area (Å²) in [6, 6.07) is 2.01. The van der Waals surface area contributed by atoms with Gasteiger partial charge in [-0.25, -0.2) is 8.78 Å². The van der Waals surface area contributed by atoms with Crippen LogP contribution in [0.25, 0.3) is 0 Å². The lowest BCUT2D eigenvalue weighted by Crippen LogP contribution is -2.45. The summed E-state index contributed by atoms with van der Waals surface area (Å²) in [6.45, 7) is 3.14. The molecule has 0 unspecified atom stereocenters. The van der Waals surface area contributed by atoms with E-state index >= 15 is 0 Å². The number of rotatable bonds is 2. The maximum atomic E-state index is 13.5. The summed E-state index contributed by atoms with van der Waals surface area (Å²) < 4.78 is 26.6. The number of amides is 1. The zero-order valence-corrected chi connectivity index (χ0v) is 10.2. The molecule has 1 aliphatic heterocycles. The topological polar surface area (TPSA) is 41.1 Å². The van der Waals surface area contributed by atoms with E-state index in [-0.39, 0.29) is 17.2 Å². The standard InChI is InChI=1S/C13H16F2N2O/c1-8-5-10(12(15)6-11(8)14)13(18)17-9-3-2-4-16-7-9/h5-6,9,16H,2-4,7H2,1H3,(H,17,18)/t9-/m1/s1.